The van der Waals surface area contributed by atoms with Crippen LogP contribution in [0.2, 0.25) is 0 Å². The molecule has 136 valence electrons. The number of anilines is 1. The molecule has 0 aromatic heterocycles. The number of hydrogen-bond donors (Lipinski definition) is 1. The van der Waals surface area contributed by atoms with Crippen molar-refractivity contribution in [3.63, 3.8) is 0 Å². The second-order valence-electron chi connectivity index (χ2n) is 6.61. The Bertz CT molecular complexity index is 845. The van der Waals surface area contributed by atoms with Gasteiger partial charge in [-0.15, -0.1) is 0 Å². The fourth-order valence-electron chi connectivity index (χ4n) is 3.38. The van der Waals surface area contributed by atoms with Crippen molar-refractivity contribution in [3.8, 4) is 5.75 Å². The fourth-order valence-corrected chi connectivity index (χ4v) is 3.38. The largest absolute Gasteiger partial charge is 0.493 e. The summed E-state index contributed by atoms with van der Waals surface area (Å²) in [5, 5.41) is 0. The first-order chi connectivity index (χ1) is 12.5. The third-order valence-electron chi connectivity index (χ3n) is 4.95. The Kier molecular flexibility index (Phi) is 5.26. The second-order valence-corrected chi connectivity index (χ2v) is 6.61. The van der Waals surface area contributed by atoms with Crippen LogP contribution in [-0.2, 0) is 11.2 Å². The summed E-state index contributed by atoms with van der Waals surface area (Å²) in [6.07, 6.45) is 1.87. The van der Waals surface area contributed by atoms with Crippen LogP contribution in [0.1, 0.15) is 39.9 Å². The highest BCUT2D eigenvalue weighted by Gasteiger charge is 2.25. The highest BCUT2D eigenvalue weighted by atomic mass is 16.5. The maximum atomic E-state index is 12.7. The number of primary amides is 1. The van der Waals surface area contributed by atoms with Crippen LogP contribution in [-0.4, -0.2) is 25.0 Å². The summed E-state index contributed by atoms with van der Waals surface area (Å²) in [5.41, 5.74) is 9.90. The van der Waals surface area contributed by atoms with Crippen LogP contribution in [0.3, 0.4) is 0 Å². The Labute approximate surface area is 153 Å². The van der Waals surface area contributed by atoms with Crippen LogP contribution in [0.5, 0.6) is 5.75 Å². The minimum Gasteiger partial charge on any atom is -0.493 e. The molecule has 1 aliphatic heterocycles. The zero-order chi connectivity index (χ0) is 18.7. The van der Waals surface area contributed by atoms with E-state index in [2.05, 4.69) is 0 Å². The topological polar surface area (TPSA) is 72.6 Å². The number of amides is 2. The van der Waals surface area contributed by atoms with Crippen LogP contribution in [0, 0.1) is 13.8 Å². The van der Waals surface area contributed by atoms with E-state index < -0.39 is 5.91 Å². The predicted octanol–water partition coefficient (Wildman–Crippen LogP) is 3.15. The van der Waals surface area contributed by atoms with Gasteiger partial charge in [-0.25, -0.2) is 0 Å². The normalized spacial score (nSPS) is 13.2. The molecular weight excluding hydrogens is 328 g/mol. The van der Waals surface area contributed by atoms with Gasteiger partial charge < -0.3 is 15.4 Å². The van der Waals surface area contributed by atoms with E-state index in [1.165, 1.54) is 0 Å². The summed E-state index contributed by atoms with van der Waals surface area (Å²) in [4.78, 5) is 26.1. The van der Waals surface area contributed by atoms with Crippen molar-refractivity contribution in [2.75, 3.05) is 18.1 Å². The molecule has 1 aliphatic rings. The number of aryl methyl sites for hydroxylation is 1. The SMILES string of the molecule is Cc1cccc(OCCC(=O)N2CCCc3c(C(N)=O)cccc32)c1C. The molecule has 0 radical (unpaired) electrons. The molecule has 0 atom stereocenters. The first-order valence-corrected chi connectivity index (χ1v) is 8.90. The Hall–Kier alpha value is -2.82. The number of hydrogen-bond acceptors (Lipinski definition) is 3. The van der Waals surface area contributed by atoms with Crippen molar-refractivity contribution in [1.82, 2.24) is 0 Å². The van der Waals surface area contributed by atoms with Gasteiger partial charge in [0, 0.05) is 17.8 Å². The first kappa shape index (κ1) is 18.0. The van der Waals surface area contributed by atoms with Crippen LogP contribution in [0.4, 0.5) is 5.69 Å². The van der Waals surface area contributed by atoms with Crippen molar-refractivity contribution in [2.24, 2.45) is 5.73 Å². The Morgan fingerprint density at radius 2 is 1.92 bits per heavy atom. The van der Waals surface area contributed by atoms with E-state index in [1.54, 1.807) is 17.0 Å². The summed E-state index contributed by atoms with van der Waals surface area (Å²) in [6.45, 7) is 5.02. The van der Waals surface area contributed by atoms with Crippen molar-refractivity contribution in [2.45, 2.75) is 33.1 Å². The van der Waals surface area contributed by atoms with E-state index in [9.17, 15) is 9.59 Å². The molecule has 2 aromatic rings. The molecule has 26 heavy (non-hydrogen) atoms. The van der Waals surface area contributed by atoms with E-state index in [4.69, 9.17) is 10.5 Å². The van der Waals surface area contributed by atoms with Gasteiger partial charge in [0.25, 0.3) is 0 Å². The summed E-state index contributed by atoms with van der Waals surface area (Å²) in [5.74, 6) is 0.361. The average Bonchev–Trinajstić information content (AvgIpc) is 2.64. The van der Waals surface area contributed by atoms with Gasteiger partial charge in [0.2, 0.25) is 11.8 Å². The highest BCUT2D eigenvalue weighted by molar-refractivity contribution is 6.00. The maximum Gasteiger partial charge on any atom is 0.249 e. The second kappa shape index (κ2) is 7.60. The van der Waals surface area contributed by atoms with Gasteiger partial charge in [0.1, 0.15) is 5.75 Å². The average molecular weight is 352 g/mol. The van der Waals surface area contributed by atoms with Crippen molar-refractivity contribution in [3.05, 3.63) is 58.7 Å². The van der Waals surface area contributed by atoms with Gasteiger partial charge in [-0.05, 0) is 61.6 Å². The van der Waals surface area contributed by atoms with Gasteiger partial charge in [0.15, 0.2) is 0 Å². The van der Waals surface area contributed by atoms with Crippen LogP contribution in [0.15, 0.2) is 36.4 Å². The third-order valence-corrected chi connectivity index (χ3v) is 4.95. The van der Waals surface area contributed by atoms with Gasteiger partial charge in [-0.1, -0.05) is 18.2 Å². The molecule has 0 saturated carbocycles. The predicted molar refractivity (Wildman–Crippen MR) is 102 cm³/mol. The number of nitrogens with zero attached hydrogens (tertiary/aromatic N) is 1. The number of fused-ring (bicyclic) bond motifs is 1. The highest BCUT2D eigenvalue weighted by Crippen LogP contribution is 2.30. The smallest absolute Gasteiger partial charge is 0.249 e. The number of benzene rings is 2. The van der Waals surface area contributed by atoms with Gasteiger partial charge >= 0.3 is 0 Å². The zero-order valence-electron chi connectivity index (χ0n) is 15.2. The lowest BCUT2D eigenvalue weighted by Gasteiger charge is -2.30. The molecule has 1 heterocycles. The number of carbonyl (C=O) groups is 2. The third kappa shape index (κ3) is 3.57. The van der Waals surface area contributed by atoms with E-state index in [-0.39, 0.29) is 12.3 Å². The Morgan fingerprint density at radius 1 is 1.15 bits per heavy atom. The van der Waals surface area contributed by atoms with Crippen molar-refractivity contribution < 1.29 is 14.3 Å². The van der Waals surface area contributed by atoms with Crippen LogP contribution >= 0.6 is 0 Å². The molecule has 0 spiro atoms. The lowest BCUT2D eigenvalue weighted by molar-refractivity contribution is -0.119. The van der Waals surface area contributed by atoms with Crippen molar-refractivity contribution in [1.29, 1.82) is 0 Å². The molecule has 0 fully saturated rings. The summed E-state index contributed by atoms with van der Waals surface area (Å²) < 4.78 is 5.81. The van der Waals surface area contributed by atoms with E-state index >= 15 is 0 Å². The lowest BCUT2D eigenvalue weighted by Crippen LogP contribution is -2.37. The molecule has 0 bridgehead atoms. The summed E-state index contributed by atoms with van der Waals surface area (Å²) in [7, 11) is 0. The fraction of sp³-hybridized carbons (Fsp3) is 0.333. The first-order valence-electron chi connectivity index (χ1n) is 8.90. The van der Waals surface area contributed by atoms with E-state index in [0.29, 0.717) is 18.7 Å². The van der Waals surface area contributed by atoms with Gasteiger partial charge in [-0.2, -0.15) is 0 Å². The van der Waals surface area contributed by atoms with Crippen LogP contribution < -0.4 is 15.4 Å². The minimum absolute atomic E-state index is 0.00197. The number of rotatable bonds is 5. The molecule has 0 unspecified atom stereocenters. The Balaban J connectivity index is 1.69. The standard InChI is InChI=1S/C21H24N2O3/c1-14-6-3-10-19(15(14)2)26-13-11-20(24)23-12-5-8-16-17(21(22)25)7-4-9-18(16)23/h3-4,6-7,9-10H,5,8,11-13H2,1-2H3,(H2,22,25). The van der Waals surface area contributed by atoms with Crippen molar-refractivity contribution >= 4 is 17.5 Å². The monoisotopic (exact) mass is 352 g/mol. The minimum atomic E-state index is -0.450. The molecule has 2 amide bonds. The number of ether oxygens (including phenoxy) is 1. The lowest BCUT2D eigenvalue weighted by atomic mass is 9.95. The van der Waals surface area contributed by atoms with E-state index in [1.807, 2.05) is 38.1 Å². The Morgan fingerprint density at radius 3 is 2.69 bits per heavy atom. The molecule has 2 aromatic carbocycles. The number of nitrogens with two attached hydrogens (primary N) is 1. The molecular formula is C21H24N2O3. The molecule has 5 nitrogen and oxygen atoms in total. The van der Waals surface area contributed by atoms with Gasteiger partial charge in [0.05, 0.1) is 13.0 Å². The summed E-state index contributed by atoms with van der Waals surface area (Å²) in [6, 6.07) is 11.3. The number of carbonyl (C=O) groups excluding carboxylic acids is 2. The molecule has 2 N–H and O–H groups in total. The molecule has 0 aliphatic carbocycles. The molecule has 5 heteroatoms. The van der Waals surface area contributed by atoms with Crippen LogP contribution in [0.25, 0.3) is 0 Å². The van der Waals surface area contributed by atoms with E-state index in [0.717, 1.165) is 41.0 Å². The molecule has 0 saturated heterocycles. The zero-order valence-corrected chi connectivity index (χ0v) is 15.2. The molecule has 3 rings (SSSR count). The maximum absolute atomic E-state index is 12.7. The summed E-state index contributed by atoms with van der Waals surface area (Å²) >= 11 is 0. The van der Waals surface area contributed by atoms with Gasteiger partial charge in [-0.3, -0.25) is 9.59 Å². The quantitative estimate of drug-likeness (QED) is 0.898.